The first kappa shape index (κ1) is 19.9. The molecule has 3 aromatic rings. The van der Waals surface area contributed by atoms with Crippen LogP contribution in [0.25, 0.3) is 0 Å². The number of benzene rings is 2. The van der Waals surface area contributed by atoms with E-state index < -0.39 is 0 Å². The van der Waals surface area contributed by atoms with Gasteiger partial charge in [-0.15, -0.1) is 0 Å². The van der Waals surface area contributed by atoms with E-state index in [1.165, 1.54) is 5.56 Å². The van der Waals surface area contributed by atoms with Crippen molar-refractivity contribution in [3.8, 4) is 0 Å². The number of pyridine rings is 1. The molecule has 26 heavy (non-hydrogen) atoms. The fourth-order valence-electron chi connectivity index (χ4n) is 2.74. The Morgan fingerprint density at radius 3 is 2.08 bits per heavy atom. The number of hydrogen-bond donors (Lipinski definition) is 0. The molecule has 0 aliphatic rings. The van der Waals surface area contributed by atoms with Gasteiger partial charge in [0.25, 0.3) is 0 Å². The van der Waals surface area contributed by atoms with E-state index in [4.69, 9.17) is 0 Å². The van der Waals surface area contributed by atoms with Gasteiger partial charge in [0.1, 0.15) is 0 Å². The lowest BCUT2D eigenvalue weighted by Crippen LogP contribution is -3.00. The molecule has 1 amide bonds. The summed E-state index contributed by atoms with van der Waals surface area (Å²) in [5.41, 5.74) is 3.28. The van der Waals surface area contributed by atoms with Gasteiger partial charge in [-0.2, -0.15) is 0 Å². The van der Waals surface area contributed by atoms with Crippen LogP contribution in [0.15, 0.2) is 85.2 Å². The summed E-state index contributed by atoms with van der Waals surface area (Å²) in [5, 5.41) is 0. The second-order valence-corrected chi connectivity index (χ2v) is 6.16. The number of halogens is 1. The van der Waals surface area contributed by atoms with Crippen LogP contribution >= 0.6 is 0 Å². The summed E-state index contributed by atoms with van der Waals surface area (Å²) in [7, 11) is 0. The molecule has 0 saturated heterocycles. The predicted octanol–water partition coefficient (Wildman–Crippen LogP) is 0.910. The van der Waals surface area contributed by atoms with Gasteiger partial charge in [-0.3, -0.25) is 4.79 Å². The zero-order valence-corrected chi connectivity index (χ0v) is 16.5. The Morgan fingerprint density at radius 2 is 1.46 bits per heavy atom. The summed E-state index contributed by atoms with van der Waals surface area (Å²) in [5.74, 6) is 0.128. The van der Waals surface area contributed by atoms with Crippen molar-refractivity contribution >= 4 is 11.6 Å². The number of carbonyl (C=O) groups is 1. The molecule has 0 spiro atoms. The van der Waals surface area contributed by atoms with Crippen LogP contribution in [-0.4, -0.2) is 5.91 Å². The maximum Gasteiger partial charge on any atom is 0.233 e. The number of amides is 1. The third-order valence-corrected chi connectivity index (χ3v) is 4.19. The van der Waals surface area contributed by atoms with E-state index in [1.807, 2.05) is 65.8 Å². The fourth-order valence-corrected chi connectivity index (χ4v) is 2.74. The highest BCUT2D eigenvalue weighted by Gasteiger charge is 2.17. The molecule has 1 aromatic heterocycles. The van der Waals surface area contributed by atoms with Crippen molar-refractivity contribution in [3.63, 3.8) is 0 Å². The van der Waals surface area contributed by atoms with E-state index in [-0.39, 0.29) is 22.9 Å². The Bertz CT molecular complexity index is 805. The van der Waals surface area contributed by atoms with Crippen molar-refractivity contribution in [2.24, 2.45) is 0 Å². The Balaban J connectivity index is 0.00000243. The fraction of sp³-hybridized carbons (Fsp3) is 0.182. The van der Waals surface area contributed by atoms with Crippen LogP contribution in [0.2, 0.25) is 0 Å². The molecule has 0 N–H and O–H groups in total. The molecule has 1 heterocycles. The summed E-state index contributed by atoms with van der Waals surface area (Å²) in [6.45, 7) is 3.33. The van der Waals surface area contributed by atoms with Gasteiger partial charge in [0.2, 0.25) is 5.91 Å². The highest BCUT2D eigenvalue weighted by Crippen LogP contribution is 2.18. The summed E-state index contributed by atoms with van der Waals surface area (Å²) < 4.78 is 2.05. The van der Waals surface area contributed by atoms with Crippen LogP contribution in [0.4, 0.5) is 5.69 Å². The third kappa shape index (κ3) is 5.53. The van der Waals surface area contributed by atoms with Crippen LogP contribution in [0.3, 0.4) is 0 Å². The van der Waals surface area contributed by atoms with E-state index in [0.717, 1.165) is 11.3 Å². The quantitative estimate of drug-likeness (QED) is 0.554. The maximum atomic E-state index is 12.9. The number of aryl methyl sites for hydroxylation is 2. The third-order valence-electron chi connectivity index (χ3n) is 4.19. The van der Waals surface area contributed by atoms with Gasteiger partial charge in [-0.25, -0.2) is 4.57 Å². The SMILES string of the molecule is Cc1cc[n+](CCC(=O)N(Cc2ccccc2)c2ccccc2)cc1.[Br-]. The first-order chi connectivity index (χ1) is 12.2. The van der Waals surface area contributed by atoms with Gasteiger partial charge in [0.15, 0.2) is 18.9 Å². The van der Waals surface area contributed by atoms with Crippen LogP contribution in [0.1, 0.15) is 17.5 Å². The number of aromatic nitrogens is 1. The lowest BCUT2D eigenvalue weighted by molar-refractivity contribution is -0.695. The van der Waals surface area contributed by atoms with E-state index in [1.54, 1.807) is 0 Å². The monoisotopic (exact) mass is 410 g/mol. The van der Waals surface area contributed by atoms with Crippen LogP contribution < -0.4 is 26.4 Å². The standard InChI is InChI=1S/C22H23N2O.BrH/c1-19-12-15-23(16-13-19)17-14-22(25)24(21-10-6-3-7-11-21)18-20-8-4-2-5-9-20;/h2-13,15-16H,14,17-18H2,1H3;1H/q+1;/p-1. The molecule has 3 nitrogen and oxygen atoms in total. The average molecular weight is 411 g/mol. The molecule has 0 saturated carbocycles. The topological polar surface area (TPSA) is 24.2 Å². The van der Waals surface area contributed by atoms with Gasteiger partial charge in [-0.1, -0.05) is 48.5 Å². The molecule has 0 atom stereocenters. The Labute approximate surface area is 165 Å². The van der Waals surface area contributed by atoms with Gasteiger partial charge in [0.05, 0.1) is 13.0 Å². The Kier molecular flexibility index (Phi) is 7.54. The molecule has 4 heteroatoms. The zero-order chi connectivity index (χ0) is 17.5. The maximum absolute atomic E-state index is 12.9. The van der Waals surface area contributed by atoms with Crippen molar-refractivity contribution < 1.29 is 26.3 Å². The molecule has 134 valence electrons. The van der Waals surface area contributed by atoms with Crippen LogP contribution in [0, 0.1) is 6.92 Å². The molecule has 0 aliphatic carbocycles. The number of rotatable bonds is 6. The molecular weight excluding hydrogens is 388 g/mol. The molecule has 3 rings (SSSR count). The smallest absolute Gasteiger partial charge is 0.233 e. The summed E-state index contributed by atoms with van der Waals surface area (Å²) in [4.78, 5) is 14.8. The molecule has 0 fully saturated rings. The first-order valence-electron chi connectivity index (χ1n) is 8.57. The van der Waals surface area contributed by atoms with E-state index in [0.29, 0.717) is 19.5 Å². The normalized spacial score (nSPS) is 10.0. The van der Waals surface area contributed by atoms with E-state index in [9.17, 15) is 4.79 Å². The number of carbonyl (C=O) groups excluding carboxylic acids is 1. The second-order valence-electron chi connectivity index (χ2n) is 6.16. The van der Waals surface area contributed by atoms with Crippen LogP contribution in [-0.2, 0) is 17.9 Å². The number of para-hydroxylation sites is 1. The minimum atomic E-state index is 0. The minimum Gasteiger partial charge on any atom is -1.00 e. The van der Waals surface area contributed by atoms with Crippen molar-refractivity contribution in [2.45, 2.75) is 26.4 Å². The van der Waals surface area contributed by atoms with E-state index >= 15 is 0 Å². The Hall–Kier alpha value is -2.46. The van der Waals surface area contributed by atoms with Crippen LogP contribution in [0.5, 0.6) is 0 Å². The van der Waals surface area contributed by atoms with Crippen molar-refractivity contribution in [3.05, 3.63) is 96.3 Å². The van der Waals surface area contributed by atoms with Gasteiger partial charge in [0, 0.05) is 17.8 Å². The number of anilines is 1. The van der Waals surface area contributed by atoms with Crippen molar-refractivity contribution in [2.75, 3.05) is 4.90 Å². The van der Waals surface area contributed by atoms with Gasteiger partial charge < -0.3 is 21.9 Å². The second kappa shape index (κ2) is 9.88. The average Bonchev–Trinajstić information content (AvgIpc) is 2.67. The highest BCUT2D eigenvalue weighted by atomic mass is 79.9. The molecular formula is C22H23BrN2O. The molecule has 2 aromatic carbocycles. The predicted molar refractivity (Wildman–Crippen MR) is 100 cm³/mol. The van der Waals surface area contributed by atoms with Gasteiger partial charge >= 0.3 is 0 Å². The van der Waals surface area contributed by atoms with Gasteiger partial charge in [-0.05, 0) is 30.2 Å². The number of hydrogen-bond acceptors (Lipinski definition) is 1. The summed E-state index contributed by atoms with van der Waals surface area (Å²) in [6.07, 6.45) is 4.51. The molecule has 0 bridgehead atoms. The molecule has 0 unspecified atom stereocenters. The summed E-state index contributed by atoms with van der Waals surface area (Å²) in [6, 6.07) is 24.1. The zero-order valence-electron chi connectivity index (χ0n) is 14.9. The highest BCUT2D eigenvalue weighted by molar-refractivity contribution is 5.93. The molecule has 0 radical (unpaired) electrons. The van der Waals surface area contributed by atoms with E-state index in [2.05, 4.69) is 35.8 Å². The Morgan fingerprint density at radius 1 is 0.885 bits per heavy atom. The first-order valence-corrected chi connectivity index (χ1v) is 8.57. The lowest BCUT2D eigenvalue weighted by atomic mass is 10.2. The molecule has 0 aliphatic heterocycles. The minimum absolute atomic E-state index is 0. The lowest BCUT2D eigenvalue weighted by Gasteiger charge is -2.22. The van der Waals surface area contributed by atoms with Crippen molar-refractivity contribution in [1.29, 1.82) is 0 Å². The number of nitrogens with zero attached hydrogens (tertiary/aromatic N) is 2. The van der Waals surface area contributed by atoms with Crippen molar-refractivity contribution in [1.82, 2.24) is 0 Å². The summed E-state index contributed by atoms with van der Waals surface area (Å²) >= 11 is 0. The largest absolute Gasteiger partial charge is 1.00 e.